The normalized spacial score (nSPS) is 11.0. The number of ether oxygens (including phenoxy) is 1. The molecule has 3 nitrogen and oxygen atoms in total. The van der Waals surface area contributed by atoms with E-state index in [0.29, 0.717) is 5.56 Å². The first-order valence-electron chi connectivity index (χ1n) is 12.2. The SMILES string of the molecule is CCCCCCCCCCCCCCCCNC(=O)c1ccc(OC(C)C)cc1. The van der Waals surface area contributed by atoms with E-state index in [2.05, 4.69) is 12.2 Å². The van der Waals surface area contributed by atoms with Crippen molar-refractivity contribution in [3.8, 4) is 5.75 Å². The Balaban J connectivity index is 1.91. The summed E-state index contributed by atoms with van der Waals surface area (Å²) in [6.45, 7) is 7.04. The highest BCUT2D eigenvalue weighted by molar-refractivity contribution is 5.94. The maximum Gasteiger partial charge on any atom is 0.251 e. The minimum Gasteiger partial charge on any atom is -0.491 e. The van der Waals surface area contributed by atoms with E-state index in [1.54, 1.807) is 0 Å². The molecule has 0 aromatic heterocycles. The second-order valence-electron chi connectivity index (χ2n) is 8.54. The van der Waals surface area contributed by atoms with Crippen LogP contribution in [0.25, 0.3) is 0 Å². The molecule has 0 fully saturated rings. The van der Waals surface area contributed by atoms with Gasteiger partial charge in [-0.1, -0.05) is 90.4 Å². The minimum absolute atomic E-state index is 0.00999. The van der Waals surface area contributed by atoms with E-state index in [1.165, 1.54) is 83.5 Å². The fourth-order valence-corrected chi connectivity index (χ4v) is 3.58. The molecule has 0 saturated heterocycles. The van der Waals surface area contributed by atoms with Gasteiger partial charge in [-0.2, -0.15) is 0 Å². The average molecular weight is 404 g/mol. The standard InChI is InChI=1S/C26H45NO2/c1-4-5-6-7-8-9-10-11-12-13-14-15-16-17-22-27-26(28)24-18-20-25(21-19-24)29-23(2)3/h18-21,23H,4-17,22H2,1-3H3,(H,27,28). The predicted molar refractivity (Wildman–Crippen MR) is 125 cm³/mol. The number of unbranched alkanes of at least 4 members (excludes halogenated alkanes) is 13. The van der Waals surface area contributed by atoms with Crippen LogP contribution in [-0.4, -0.2) is 18.6 Å². The highest BCUT2D eigenvalue weighted by Crippen LogP contribution is 2.14. The lowest BCUT2D eigenvalue weighted by molar-refractivity contribution is 0.0953. The van der Waals surface area contributed by atoms with Crippen LogP contribution in [0.3, 0.4) is 0 Å². The van der Waals surface area contributed by atoms with Gasteiger partial charge >= 0.3 is 0 Å². The highest BCUT2D eigenvalue weighted by Gasteiger charge is 2.05. The molecule has 0 radical (unpaired) electrons. The topological polar surface area (TPSA) is 38.3 Å². The summed E-state index contributed by atoms with van der Waals surface area (Å²) in [6, 6.07) is 7.39. The van der Waals surface area contributed by atoms with Crippen molar-refractivity contribution in [3.05, 3.63) is 29.8 Å². The third kappa shape index (κ3) is 14.2. The van der Waals surface area contributed by atoms with Crippen molar-refractivity contribution in [3.63, 3.8) is 0 Å². The van der Waals surface area contributed by atoms with Crippen LogP contribution in [0.15, 0.2) is 24.3 Å². The van der Waals surface area contributed by atoms with Crippen molar-refractivity contribution in [2.24, 2.45) is 0 Å². The summed E-state index contributed by atoms with van der Waals surface area (Å²) in [5.41, 5.74) is 0.700. The number of rotatable bonds is 18. The van der Waals surface area contributed by atoms with E-state index in [4.69, 9.17) is 4.74 Å². The molecule has 1 N–H and O–H groups in total. The number of carbonyl (C=O) groups excluding carboxylic acids is 1. The fourth-order valence-electron chi connectivity index (χ4n) is 3.58. The van der Waals surface area contributed by atoms with Crippen molar-refractivity contribution in [1.29, 1.82) is 0 Å². The molecule has 0 spiro atoms. The molecule has 0 aliphatic carbocycles. The van der Waals surface area contributed by atoms with Crippen LogP contribution in [0, 0.1) is 0 Å². The van der Waals surface area contributed by atoms with Gasteiger partial charge in [-0.15, -0.1) is 0 Å². The van der Waals surface area contributed by atoms with Gasteiger partial charge in [-0.3, -0.25) is 4.79 Å². The summed E-state index contributed by atoms with van der Waals surface area (Å²) in [5, 5.41) is 3.02. The Morgan fingerprint density at radius 3 is 1.66 bits per heavy atom. The molecule has 166 valence electrons. The number of hydrogen-bond acceptors (Lipinski definition) is 2. The van der Waals surface area contributed by atoms with Crippen LogP contribution < -0.4 is 10.1 Å². The number of hydrogen-bond donors (Lipinski definition) is 1. The van der Waals surface area contributed by atoms with Crippen molar-refractivity contribution < 1.29 is 9.53 Å². The summed E-state index contributed by atoms with van der Waals surface area (Å²) in [7, 11) is 0. The molecule has 0 aliphatic rings. The van der Waals surface area contributed by atoms with Crippen molar-refractivity contribution in [1.82, 2.24) is 5.32 Å². The maximum absolute atomic E-state index is 12.2. The van der Waals surface area contributed by atoms with Gasteiger partial charge in [0, 0.05) is 12.1 Å². The Labute approximate surface area is 180 Å². The Morgan fingerprint density at radius 2 is 1.21 bits per heavy atom. The third-order valence-corrected chi connectivity index (χ3v) is 5.30. The summed E-state index contributed by atoms with van der Waals surface area (Å²) < 4.78 is 5.61. The maximum atomic E-state index is 12.2. The first-order chi connectivity index (χ1) is 14.1. The third-order valence-electron chi connectivity index (χ3n) is 5.30. The number of nitrogens with one attached hydrogen (secondary N) is 1. The van der Waals surface area contributed by atoms with E-state index >= 15 is 0 Å². The largest absolute Gasteiger partial charge is 0.491 e. The van der Waals surface area contributed by atoms with Gasteiger partial charge in [-0.25, -0.2) is 0 Å². The van der Waals surface area contributed by atoms with Crippen LogP contribution in [0.2, 0.25) is 0 Å². The molecular weight excluding hydrogens is 358 g/mol. The molecule has 1 rings (SSSR count). The Morgan fingerprint density at radius 1 is 0.759 bits per heavy atom. The van der Waals surface area contributed by atoms with Gasteiger partial charge in [0.05, 0.1) is 6.10 Å². The quantitative estimate of drug-likeness (QED) is 0.255. The Hall–Kier alpha value is -1.51. The van der Waals surface area contributed by atoms with Gasteiger partial charge in [0.25, 0.3) is 5.91 Å². The van der Waals surface area contributed by atoms with Crippen LogP contribution >= 0.6 is 0 Å². The van der Waals surface area contributed by atoms with Crippen molar-refractivity contribution in [2.45, 2.75) is 117 Å². The van der Waals surface area contributed by atoms with Crippen molar-refractivity contribution in [2.75, 3.05) is 6.54 Å². The van der Waals surface area contributed by atoms with E-state index in [-0.39, 0.29) is 12.0 Å². The average Bonchev–Trinajstić information content (AvgIpc) is 2.71. The first-order valence-corrected chi connectivity index (χ1v) is 12.2. The number of carbonyl (C=O) groups is 1. The number of benzene rings is 1. The Bertz CT molecular complexity index is 510. The second kappa shape index (κ2) is 17.4. The smallest absolute Gasteiger partial charge is 0.251 e. The molecular formula is C26H45NO2. The summed E-state index contributed by atoms with van der Waals surface area (Å²) >= 11 is 0. The fraction of sp³-hybridized carbons (Fsp3) is 0.731. The predicted octanol–water partition coefficient (Wildman–Crippen LogP) is 7.68. The zero-order valence-corrected chi connectivity index (χ0v) is 19.3. The second-order valence-corrected chi connectivity index (χ2v) is 8.54. The van der Waals surface area contributed by atoms with Crippen LogP contribution in [0.1, 0.15) is 121 Å². The first kappa shape index (κ1) is 25.5. The molecule has 0 aliphatic heterocycles. The summed E-state index contributed by atoms with van der Waals surface area (Å²) in [6.07, 6.45) is 19.1. The minimum atomic E-state index is 0.00999. The van der Waals surface area contributed by atoms with Gasteiger partial charge in [0.2, 0.25) is 0 Å². The molecule has 29 heavy (non-hydrogen) atoms. The zero-order chi connectivity index (χ0) is 21.2. The van der Waals surface area contributed by atoms with E-state index in [0.717, 1.165) is 18.7 Å². The lowest BCUT2D eigenvalue weighted by Crippen LogP contribution is -2.24. The molecule has 3 heteroatoms. The molecule has 0 bridgehead atoms. The van der Waals surface area contributed by atoms with E-state index < -0.39 is 0 Å². The lowest BCUT2D eigenvalue weighted by atomic mass is 10.0. The molecule has 1 aromatic rings. The monoisotopic (exact) mass is 403 g/mol. The molecule has 0 atom stereocenters. The van der Waals surface area contributed by atoms with Crippen LogP contribution in [0.5, 0.6) is 5.75 Å². The van der Waals surface area contributed by atoms with Crippen LogP contribution in [0.4, 0.5) is 0 Å². The van der Waals surface area contributed by atoms with Crippen LogP contribution in [-0.2, 0) is 0 Å². The van der Waals surface area contributed by atoms with Gasteiger partial charge < -0.3 is 10.1 Å². The molecule has 0 heterocycles. The molecule has 0 saturated carbocycles. The number of amides is 1. The highest BCUT2D eigenvalue weighted by atomic mass is 16.5. The van der Waals surface area contributed by atoms with Crippen molar-refractivity contribution >= 4 is 5.91 Å². The zero-order valence-electron chi connectivity index (χ0n) is 19.3. The molecule has 1 amide bonds. The van der Waals surface area contributed by atoms with Gasteiger partial charge in [0.15, 0.2) is 0 Å². The summed E-state index contributed by atoms with van der Waals surface area (Å²) in [5.74, 6) is 0.819. The van der Waals surface area contributed by atoms with Gasteiger partial charge in [-0.05, 0) is 44.5 Å². The van der Waals surface area contributed by atoms with E-state index in [1.807, 2.05) is 38.1 Å². The summed E-state index contributed by atoms with van der Waals surface area (Å²) in [4.78, 5) is 12.2. The lowest BCUT2D eigenvalue weighted by Gasteiger charge is -2.10. The molecule has 1 aromatic carbocycles. The van der Waals surface area contributed by atoms with Gasteiger partial charge in [0.1, 0.15) is 5.75 Å². The Kier molecular flexibility index (Phi) is 15.3. The van der Waals surface area contributed by atoms with E-state index in [9.17, 15) is 4.79 Å². The molecule has 0 unspecified atom stereocenters.